The van der Waals surface area contributed by atoms with Crippen molar-refractivity contribution in [2.75, 3.05) is 0 Å². The van der Waals surface area contributed by atoms with E-state index in [9.17, 15) is 0 Å². The Morgan fingerprint density at radius 2 is 1.23 bits per heavy atom. The van der Waals surface area contributed by atoms with Gasteiger partial charge in [0.25, 0.3) is 0 Å². The standard InChI is InChI=1S/C13H20/c1-2-4-6-8-10-12-13-11-9-7-5-3-1/h1-4,7,9H,5-6,8,10-13H2/b3-1?,4-2?,9-7+. The molecule has 0 saturated carbocycles. The molecule has 0 aromatic rings. The van der Waals surface area contributed by atoms with Gasteiger partial charge in [0, 0.05) is 0 Å². The maximum Gasteiger partial charge on any atom is -0.0166 e. The highest BCUT2D eigenvalue weighted by Crippen LogP contribution is 2.07. The Bertz CT molecular complexity index is 184. The molecule has 0 aliphatic heterocycles. The summed E-state index contributed by atoms with van der Waals surface area (Å²) in [6, 6.07) is 0. The molecule has 13 heavy (non-hydrogen) atoms. The van der Waals surface area contributed by atoms with Gasteiger partial charge in [0.2, 0.25) is 0 Å². The molecule has 1 aliphatic carbocycles. The van der Waals surface area contributed by atoms with Crippen LogP contribution in [0.25, 0.3) is 0 Å². The topological polar surface area (TPSA) is 0 Å². The van der Waals surface area contributed by atoms with E-state index in [0.717, 1.165) is 6.42 Å². The molecule has 0 aromatic carbocycles. The molecule has 0 spiro atoms. The fraction of sp³-hybridized carbons (Fsp3) is 0.538. The van der Waals surface area contributed by atoms with Crippen LogP contribution in [0.15, 0.2) is 36.5 Å². The predicted molar refractivity (Wildman–Crippen MR) is 59.7 cm³/mol. The fourth-order valence-corrected chi connectivity index (χ4v) is 1.50. The Balaban J connectivity index is 2.29. The molecule has 0 saturated heterocycles. The van der Waals surface area contributed by atoms with E-state index in [1.54, 1.807) is 0 Å². The Labute approximate surface area is 82.0 Å². The molecule has 1 aliphatic rings. The van der Waals surface area contributed by atoms with E-state index in [0.29, 0.717) is 0 Å². The highest BCUT2D eigenvalue weighted by molar-refractivity contribution is 5.04. The van der Waals surface area contributed by atoms with Crippen LogP contribution < -0.4 is 0 Å². The Kier molecular flexibility index (Phi) is 6.22. The van der Waals surface area contributed by atoms with E-state index in [4.69, 9.17) is 0 Å². The molecular formula is C13H20. The number of hydrogen-bond donors (Lipinski definition) is 0. The number of hydrogen-bond acceptors (Lipinski definition) is 0. The molecule has 1 rings (SSSR count). The molecule has 0 fully saturated rings. The summed E-state index contributed by atoms with van der Waals surface area (Å²) in [5.74, 6) is 0. The van der Waals surface area contributed by atoms with E-state index in [-0.39, 0.29) is 0 Å². The SMILES string of the molecule is C1=CC/C=C/CCCCCCC=C1. The molecule has 0 amide bonds. The van der Waals surface area contributed by atoms with Crippen molar-refractivity contribution >= 4 is 0 Å². The van der Waals surface area contributed by atoms with Gasteiger partial charge in [-0.3, -0.25) is 0 Å². The van der Waals surface area contributed by atoms with E-state index >= 15 is 0 Å². The van der Waals surface area contributed by atoms with E-state index in [1.165, 1.54) is 38.5 Å². The molecule has 0 radical (unpaired) electrons. The first-order valence-corrected chi connectivity index (χ1v) is 5.47. The molecule has 0 atom stereocenters. The van der Waals surface area contributed by atoms with E-state index in [1.807, 2.05) is 0 Å². The van der Waals surface area contributed by atoms with Gasteiger partial charge in [-0.2, -0.15) is 0 Å². The Hall–Kier alpha value is -0.780. The summed E-state index contributed by atoms with van der Waals surface area (Å²) in [6.45, 7) is 0. The molecule has 0 heteroatoms. The smallest absolute Gasteiger partial charge is 0.0166 e. The molecule has 0 heterocycles. The first kappa shape index (κ1) is 10.3. The van der Waals surface area contributed by atoms with Crippen molar-refractivity contribution in [2.24, 2.45) is 0 Å². The zero-order valence-corrected chi connectivity index (χ0v) is 8.41. The third-order valence-corrected chi connectivity index (χ3v) is 2.31. The minimum absolute atomic E-state index is 1.09. The summed E-state index contributed by atoms with van der Waals surface area (Å²) < 4.78 is 0. The second-order valence-electron chi connectivity index (χ2n) is 3.55. The molecule has 0 nitrogen and oxygen atoms in total. The molecular weight excluding hydrogens is 156 g/mol. The maximum atomic E-state index is 2.31. The lowest BCUT2D eigenvalue weighted by Crippen LogP contribution is -1.76. The Morgan fingerprint density at radius 3 is 2.08 bits per heavy atom. The maximum absolute atomic E-state index is 2.31. The summed E-state index contributed by atoms with van der Waals surface area (Å²) in [4.78, 5) is 0. The molecule has 0 aromatic heterocycles. The summed E-state index contributed by atoms with van der Waals surface area (Å²) >= 11 is 0. The van der Waals surface area contributed by atoms with Crippen LogP contribution in [-0.4, -0.2) is 0 Å². The fourth-order valence-electron chi connectivity index (χ4n) is 1.50. The van der Waals surface area contributed by atoms with Gasteiger partial charge in [-0.1, -0.05) is 49.3 Å². The van der Waals surface area contributed by atoms with Crippen LogP contribution in [0.4, 0.5) is 0 Å². The van der Waals surface area contributed by atoms with Crippen molar-refractivity contribution in [2.45, 2.75) is 44.9 Å². The summed E-state index contributed by atoms with van der Waals surface area (Å²) in [6.07, 6.45) is 22.5. The zero-order chi connectivity index (χ0) is 9.19. The molecule has 0 bridgehead atoms. The predicted octanol–water partition coefficient (Wildman–Crippen LogP) is 4.40. The van der Waals surface area contributed by atoms with Crippen LogP contribution in [0.1, 0.15) is 44.9 Å². The number of rotatable bonds is 0. The molecule has 0 N–H and O–H groups in total. The van der Waals surface area contributed by atoms with Gasteiger partial charge >= 0.3 is 0 Å². The van der Waals surface area contributed by atoms with Crippen LogP contribution in [-0.2, 0) is 0 Å². The van der Waals surface area contributed by atoms with Crippen molar-refractivity contribution in [1.82, 2.24) is 0 Å². The monoisotopic (exact) mass is 176 g/mol. The quantitative estimate of drug-likeness (QED) is 0.480. The van der Waals surface area contributed by atoms with E-state index < -0.39 is 0 Å². The normalized spacial score (nSPS) is 22.8. The minimum atomic E-state index is 1.09. The lowest BCUT2D eigenvalue weighted by molar-refractivity contribution is 0.652. The largest absolute Gasteiger partial charge is 0.0882 e. The molecule has 72 valence electrons. The van der Waals surface area contributed by atoms with Crippen molar-refractivity contribution in [3.8, 4) is 0 Å². The van der Waals surface area contributed by atoms with Crippen LogP contribution in [0.3, 0.4) is 0 Å². The van der Waals surface area contributed by atoms with Crippen molar-refractivity contribution in [3.63, 3.8) is 0 Å². The average Bonchev–Trinajstić information content (AvgIpc) is 2.18. The summed E-state index contributed by atoms with van der Waals surface area (Å²) in [5.41, 5.74) is 0. The first-order chi connectivity index (χ1) is 6.50. The van der Waals surface area contributed by atoms with Crippen LogP contribution >= 0.6 is 0 Å². The first-order valence-electron chi connectivity index (χ1n) is 5.47. The third-order valence-electron chi connectivity index (χ3n) is 2.31. The lowest BCUT2D eigenvalue weighted by atomic mass is 10.1. The average molecular weight is 176 g/mol. The van der Waals surface area contributed by atoms with Crippen LogP contribution in [0, 0.1) is 0 Å². The van der Waals surface area contributed by atoms with Crippen molar-refractivity contribution in [3.05, 3.63) is 36.5 Å². The van der Waals surface area contributed by atoms with Crippen molar-refractivity contribution in [1.29, 1.82) is 0 Å². The van der Waals surface area contributed by atoms with Gasteiger partial charge in [-0.25, -0.2) is 0 Å². The Morgan fingerprint density at radius 1 is 0.538 bits per heavy atom. The highest BCUT2D eigenvalue weighted by atomic mass is 13.9. The van der Waals surface area contributed by atoms with Gasteiger partial charge in [-0.05, 0) is 32.1 Å². The second-order valence-corrected chi connectivity index (χ2v) is 3.55. The third kappa shape index (κ3) is 6.39. The lowest BCUT2D eigenvalue weighted by Gasteiger charge is -1.95. The van der Waals surface area contributed by atoms with E-state index in [2.05, 4.69) is 36.5 Å². The highest BCUT2D eigenvalue weighted by Gasteiger charge is 1.87. The second kappa shape index (κ2) is 7.85. The number of allylic oxidation sites excluding steroid dienone is 6. The zero-order valence-electron chi connectivity index (χ0n) is 8.41. The van der Waals surface area contributed by atoms with Crippen molar-refractivity contribution < 1.29 is 0 Å². The van der Waals surface area contributed by atoms with Gasteiger partial charge in [0.05, 0.1) is 0 Å². The minimum Gasteiger partial charge on any atom is -0.0882 e. The summed E-state index contributed by atoms with van der Waals surface area (Å²) in [5, 5.41) is 0. The van der Waals surface area contributed by atoms with Crippen LogP contribution in [0.5, 0.6) is 0 Å². The van der Waals surface area contributed by atoms with Gasteiger partial charge < -0.3 is 0 Å². The summed E-state index contributed by atoms with van der Waals surface area (Å²) in [7, 11) is 0. The van der Waals surface area contributed by atoms with Gasteiger partial charge in [0.1, 0.15) is 0 Å². The van der Waals surface area contributed by atoms with Gasteiger partial charge in [-0.15, -0.1) is 0 Å². The van der Waals surface area contributed by atoms with Crippen LogP contribution in [0.2, 0.25) is 0 Å². The molecule has 0 unspecified atom stereocenters. The van der Waals surface area contributed by atoms with Gasteiger partial charge in [0.15, 0.2) is 0 Å².